The lowest BCUT2D eigenvalue weighted by Gasteiger charge is -2.35. The highest BCUT2D eigenvalue weighted by atomic mass is 16.1. The predicted molar refractivity (Wildman–Crippen MR) is 61.3 cm³/mol. The van der Waals surface area contributed by atoms with E-state index in [1.165, 1.54) is 0 Å². The Hall–Kier alpha value is -1.31. The molecule has 0 N–H and O–H groups in total. The zero-order valence-electron chi connectivity index (χ0n) is 9.36. The lowest BCUT2D eigenvalue weighted by molar-refractivity contribution is -0.120. The summed E-state index contributed by atoms with van der Waals surface area (Å²) in [5.74, 6) is 0.216. The van der Waals surface area contributed by atoms with Gasteiger partial charge in [0.05, 0.1) is 6.04 Å². The number of ketones is 1. The van der Waals surface area contributed by atoms with E-state index in [4.69, 9.17) is 0 Å². The van der Waals surface area contributed by atoms with Gasteiger partial charge in [-0.05, 0) is 29.6 Å². The summed E-state index contributed by atoms with van der Waals surface area (Å²) in [6, 6.07) is 0.000463. The van der Waals surface area contributed by atoms with Crippen molar-refractivity contribution in [3.8, 4) is 0 Å². The molecule has 1 atom stereocenters. The van der Waals surface area contributed by atoms with E-state index in [-0.39, 0.29) is 17.2 Å². The predicted octanol–water partition coefficient (Wildman–Crippen LogP) is 2.30. The van der Waals surface area contributed by atoms with Crippen LogP contribution < -0.4 is 0 Å². The van der Waals surface area contributed by atoms with Gasteiger partial charge in [-0.3, -0.25) is 4.79 Å². The van der Waals surface area contributed by atoms with Crippen molar-refractivity contribution in [3.05, 3.63) is 36.6 Å². The molecule has 2 rings (SSSR count). The molecule has 1 aliphatic carbocycles. The Morgan fingerprint density at radius 1 is 1.47 bits per heavy atom. The molecule has 0 fully saturated rings. The fraction of sp³-hybridized carbons (Fsp3) is 0.462. The molecular formula is C13H17NO. The summed E-state index contributed by atoms with van der Waals surface area (Å²) in [6.07, 6.45) is 8.60. The van der Waals surface area contributed by atoms with Crippen LogP contribution in [0.5, 0.6) is 0 Å². The smallest absolute Gasteiger partial charge is 0.177 e. The van der Waals surface area contributed by atoms with E-state index in [1.54, 1.807) is 6.08 Å². The molecule has 0 aromatic heterocycles. The van der Waals surface area contributed by atoms with Gasteiger partial charge in [0.15, 0.2) is 5.78 Å². The quantitative estimate of drug-likeness (QED) is 0.651. The average Bonchev–Trinajstić information content (AvgIpc) is 2.56. The van der Waals surface area contributed by atoms with Crippen LogP contribution in [0.4, 0.5) is 0 Å². The third-order valence-electron chi connectivity index (χ3n) is 3.03. The molecule has 2 aliphatic rings. The van der Waals surface area contributed by atoms with Crippen molar-refractivity contribution in [2.24, 2.45) is 5.41 Å². The first-order valence-corrected chi connectivity index (χ1v) is 5.33. The zero-order valence-corrected chi connectivity index (χ0v) is 9.36. The zero-order chi connectivity index (χ0) is 11.1. The Kier molecular flexibility index (Phi) is 2.29. The van der Waals surface area contributed by atoms with Gasteiger partial charge in [0.2, 0.25) is 0 Å². The molecule has 80 valence electrons. The first kappa shape index (κ1) is 10.2. The van der Waals surface area contributed by atoms with E-state index < -0.39 is 0 Å². The number of rotatable bonds is 1. The van der Waals surface area contributed by atoms with Crippen LogP contribution in [0.15, 0.2) is 36.6 Å². The van der Waals surface area contributed by atoms with E-state index in [0.29, 0.717) is 0 Å². The summed E-state index contributed by atoms with van der Waals surface area (Å²) in [7, 11) is 0. The third-order valence-corrected chi connectivity index (χ3v) is 3.03. The Morgan fingerprint density at radius 3 is 2.80 bits per heavy atom. The molecule has 0 spiro atoms. The Labute approximate surface area is 91.0 Å². The van der Waals surface area contributed by atoms with Crippen molar-refractivity contribution < 1.29 is 4.79 Å². The monoisotopic (exact) mass is 203 g/mol. The lowest BCUT2D eigenvalue weighted by atomic mass is 9.79. The standard InChI is InChI=1S/C13H17NO/c1-10-5-7-14(9-10)11-8-13(2,3)6-4-12(11)15/h4-7,11H,1,8-9H2,2-3H3. The van der Waals surface area contributed by atoms with Crippen LogP contribution in [0.1, 0.15) is 20.3 Å². The second-order valence-electron chi connectivity index (χ2n) is 5.09. The van der Waals surface area contributed by atoms with Gasteiger partial charge in [-0.25, -0.2) is 0 Å². The van der Waals surface area contributed by atoms with Crippen LogP contribution in [0, 0.1) is 5.41 Å². The minimum absolute atomic E-state index is 0.000463. The number of carbonyl (C=O) groups is 1. The number of carbonyl (C=O) groups excluding carboxylic acids is 1. The minimum atomic E-state index is 0.000463. The van der Waals surface area contributed by atoms with Crippen LogP contribution in [0.3, 0.4) is 0 Å². The van der Waals surface area contributed by atoms with Gasteiger partial charge in [-0.1, -0.05) is 26.5 Å². The molecule has 0 amide bonds. The molecule has 0 radical (unpaired) electrons. The highest BCUT2D eigenvalue weighted by Crippen LogP contribution is 2.32. The SMILES string of the molecule is C=C1C=CN(C2CC(C)(C)C=CC2=O)C1. The van der Waals surface area contributed by atoms with Crippen molar-refractivity contribution in [3.63, 3.8) is 0 Å². The van der Waals surface area contributed by atoms with E-state index in [2.05, 4.69) is 25.3 Å². The van der Waals surface area contributed by atoms with Crippen LogP contribution in [-0.4, -0.2) is 23.3 Å². The summed E-state index contributed by atoms with van der Waals surface area (Å²) in [5, 5.41) is 0. The average molecular weight is 203 g/mol. The summed E-state index contributed by atoms with van der Waals surface area (Å²) in [6.45, 7) is 9.02. The fourth-order valence-electron chi connectivity index (χ4n) is 2.12. The topological polar surface area (TPSA) is 20.3 Å². The molecule has 0 aromatic rings. The van der Waals surface area contributed by atoms with Gasteiger partial charge in [0, 0.05) is 12.7 Å². The molecule has 1 heterocycles. The number of hydrogen-bond donors (Lipinski definition) is 0. The molecule has 2 heteroatoms. The summed E-state index contributed by atoms with van der Waals surface area (Å²) in [5.41, 5.74) is 1.20. The third kappa shape index (κ3) is 2.04. The molecular weight excluding hydrogens is 186 g/mol. The maximum atomic E-state index is 11.8. The molecule has 0 saturated carbocycles. The lowest BCUT2D eigenvalue weighted by Crippen LogP contribution is -2.41. The molecule has 0 aromatic carbocycles. The van der Waals surface area contributed by atoms with Gasteiger partial charge >= 0.3 is 0 Å². The Bertz CT molecular complexity index is 363. The highest BCUT2D eigenvalue weighted by molar-refractivity contribution is 5.95. The molecule has 15 heavy (non-hydrogen) atoms. The molecule has 0 saturated heterocycles. The van der Waals surface area contributed by atoms with E-state index in [9.17, 15) is 4.79 Å². The summed E-state index contributed by atoms with van der Waals surface area (Å²) >= 11 is 0. The van der Waals surface area contributed by atoms with Gasteiger partial charge in [-0.2, -0.15) is 0 Å². The Morgan fingerprint density at radius 2 is 2.20 bits per heavy atom. The molecule has 0 bridgehead atoms. The van der Waals surface area contributed by atoms with Crippen LogP contribution >= 0.6 is 0 Å². The van der Waals surface area contributed by atoms with Crippen LogP contribution in [0.2, 0.25) is 0 Å². The molecule has 1 aliphatic heterocycles. The Balaban J connectivity index is 2.17. The normalized spacial score (nSPS) is 28.9. The van der Waals surface area contributed by atoms with Crippen LogP contribution in [-0.2, 0) is 4.79 Å². The second-order valence-corrected chi connectivity index (χ2v) is 5.09. The first-order chi connectivity index (χ1) is 6.98. The van der Waals surface area contributed by atoms with E-state index in [0.717, 1.165) is 18.5 Å². The van der Waals surface area contributed by atoms with Crippen molar-refractivity contribution in [1.29, 1.82) is 0 Å². The van der Waals surface area contributed by atoms with Crippen molar-refractivity contribution >= 4 is 5.78 Å². The van der Waals surface area contributed by atoms with Gasteiger partial charge in [0.25, 0.3) is 0 Å². The maximum Gasteiger partial charge on any atom is 0.177 e. The van der Waals surface area contributed by atoms with Gasteiger partial charge in [-0.15, -0.1) is 0 Å². The second kappa shape index (κ2) is 3.37. The summed E-state index contributed by atoms with van der Waals surface area (Å²) in [4.78, 5) is 13.9. The minimum Gasteiger partial charge on any atom is -0.363 e. The van der Waals surface area contributed by atoms with Gasteiger partial charge in [0.1, 0.15) is 0 Å². The number of hydrogen-bond acceptors (Lipinski definition) is 2. The number of allylic oxidation sites excluding steroid dienone is 1. The van der Waals surface area contributed by atoms with Crippen molar-refractivity contribution in [2.75, 3.05) is 6.54 Å². The highest BCUT2D eigenvalue weighted by Gasteiger charge is 2.33. The van der Waals surface area contributed by atoms with Crippen molar-refractivity contribution in [1.82, 2.24) is 4.90 Å². The largest absolute Gasteiger partial charge is 0.363 e. The molecule has 1 unspecified atom stereocenters. The van der Waals surface area contributed by atoms with E-state index >= 15 is 0 Å². The van der Waals surface area contributed by atoms with Gasteiger partial charge < -0.3 is 4.90 Å². The first-order valence-electron chi connectivity index (χ1n) is 5.33. The molecule has 2 nitrogen and oxygen atoms in total. The van der Waals surface area contributed by atoms with Crippen LogP contribution in [0.25, 0.3) is 0 Å². The van der Waals surface area contributed by atoms with E-state index in [1.807, 2.05) is 18.4 Å². The maximum absolute atomic E-state index is 11.8. The fourth-order valence-corrected chi connectivity index (χ4v) is 2.12. The number of nitrogens with zero attached hydrogens (tertiary/aromatic N) is 1. The van der Waals surface area contributed by atoms with Crippen molar-refractivity contribution in [2.45, 2.75) is 26.3 Å². The summed E-state index contributed by atoms with van der Waals surface area (Å²) < 4.78 is 0.